The Kier molecular flexibility index (Phi) is 8.07. The van der Waals surface area contributed by atoms with Crippen LogP contribution < -0.4 is 0 Å². The van der Waals surface area contributed by atoms with Gasteiger partial charge in [0.2, 0.25) is 12.1 Å². The Hall–Kier alpha value is 3.73. The first-order chi connectivity index (χ1) is 8.25. The summed E-state index contributed by atoms with van der Waals surface area (Å²) in [5.74, 6) is 0. The maximum atomic E-state index is 9.77. The van der Waals surface area contributed by atoms with E-state index in [1.807, 2.05) is 0 Å². The molecule has 1 atom stereocenters. The molecule has 0 spiro atoms. The first-order valence-electron chi connectivity index (χ1n) is 3.93. The normalized spacial score (nSPS) is 18.9. The topological polar surface area (TPSA) is 20.2 Å². The third-order valence-electron chi connectivity index (χ3n) is 1.99. The molecular formula is C6HCl13O. The van der Waals surface area contributed by atoms with E-state index in [2.05, 4.69) is 0 Å². The predicted molar refractivity (Wildman–Crippen MR) is 94.7 cm³/mol. The lowest BCUT2D eigenvalue weighted by atomic mass is 10.0. The summed E-state index contributed by atoms with van der Waals surface area (Å²) in [4.78, 5) is -2.92. The summed E-state index contributed by atoms with van der Waals surface area (Å²) in [5.41, 5.74) is 0. The van der Waals surface area contributed by atoms with E-state index >= 15 is 0 Å². The van der Waals surface area contributed by atoms with Crippen molar-refractivity contribution in [2.45, 2.75) is 25.6 Å². The zero-order valence-corrected chi connectivity index (χ0v) is 18.2. The molecular weight excluding hydrogens is 549 g/mol. The number of rotatable bonds is 3. The van der Waals surface area contributed by atoms with Crippen molar-refractivity contribution < 1.29 is 5.11 Å². The molecule has 20 heavy (non-hydrogen) atoms. The average Bonchev–Trinajstić information content (AvgIpc) is 2.10. The molecule has 0 aromatic heterocycles. The molecule has 0 fully saturated rings. The number of halogens is 13. The smallest absolute Gasteiger partial charge is 0.241 e. The molecule has 0 aromatic rings. The van der Waals surface area contributed by atoms with Gasteiger partial charge in [-0.2, -0.15) is 0 Å². The van der Waals surface area contributed by atoms with Crippen LogP contribution in [0.4, 0.5) is 0 Å². The third-order valence-corrected chi connectivity index (χ3v) is 9.01. The highest BCUT2D eigenvalue weighted by Gasteiger charge is 2.79. The SMILES string of the molecule is OC(Cl)(Cl)C(Cl)(C(Cl)(Cl)Cl)C(Cl)(Cl)C(Cl)(Cl)C(Cl)(Cl)Cl. The fourth-order valence-electron chi connectivity index (χ4n) is 0.932. The van der Waals surface area contributed by atoms with Gasteiger partial charge in [-0.1, -0.05) is 139 Å². The van der Waals surface area contributed by atoms with Gasteiger partial charge in [-0.15, -0.1) is 11.6 Å². The van der Waals surface area contributed by atoms with Crippen LogP contribution in [-0.2, 0) is 0 Å². The quantitative estimate of drug-likeness (QED) is 0.370. The molecule has 0 saturated heterocycles. The van der Waals surface area contributed by atoms with Crippen molar-refractivity contribution in [3.8, 4) is 0 Å². The lowest BCUT2D eigenvalue weighted by Gasteiger charge is -2.51. The molecule has 122 valence electrons. The zero-order valence-electron chi connectivity index (χ0n) is 8.36. The number of hydrogen-bond acceptors (Lipinski definition) is 1. The molecule has 1 unspecified atom stereocenters. The summed E-state index contributed by atoms with van der Waals surface area (Å²) >= 11 is 73.9. The van der Waals surface area contributed by atoms with Crippen molar-refractivity contribution in [3.05, 3.63) is 0 Å². The minimum atomic E-state index is -3.05. The Morgan fingerprint density at radius 3 is 0.900 bits per heavy atom. The van der Waals surface area contributed by atoms with Gasteiger partial charge < -0.3 is 5.11 Å². The molecule has 0 rings (SSSR count). The van der Waals surface area contributed by atoms with Gasteiger partial charge in [-0.05, 0) is 0 Å². The number of aliphatic hydroxyl groups is 1. The van der Waals surface area contributed by atoms with Crippen molar-refractivity contribution in [2.75, 3.05) is 0 Å². The van der Waals surface area contributed by atoms with Gasteiger partial charge in [0.25, 0.3) is 0 Å². The van der Waals surface area contributed by atoms with Gasteiger partial charge in [0.1, 0.15) is 0 Å². The van der Waals surface area contributed by atoms with E-state index in [0.717, 1.165) is 0 Å². The Balaban J connectivity index is 6.38. The van der Waals surface area contributed by atoms with Gasteiger partial charge in [0, 0.05) is 0 Å². The molecule has 0 bridgehead atoms. The van der Waals surface area contributed by atoms with Crippen molar-refractivity contribution in [1.29, 1.82) is 0 Å². The van der Waals surface area contributed by atoms with E-state index < -0.39 is 25.6 Å². The Morgan fingerprint density at radius 1 is 0.450 bits per heavy atom. The molecule has 14 heteroatoms. The summed E-state index contributed by atoms with van der Waals surface area (Å²) < 4.78 is -13.8. The highest BCUT2D eigenvalue weighted by atomic mass is 35.6. The Bertz CT molecular complexity index is 343. The molecule has 0 heterocycles. The van der Waals surface area contributed by atoms with Crippen molar-refractivity contribution in [3.63, 3.8) is 0 Å². The first kappa shape index (κ1) is 23.7. The van der Waals surface area contributed by atoms with E-state index in [1.54, 1.807) is 0 Å². The molecule has 0 amide bonds. The summed E-state index contributed by atoms with van der Waals surface area (Å²) in [6, 6.07) is 0. The molecule has 1 nitrogen and oxygen atoms in total. The first-order valence-corrected chi connectivity index (χ1v) is 8.84. The summed E-state index contributed by atoms with van der Waals surface area (Å²) in [6.07, 6.45) is 0. The Labute approximate surface area is 179 Å². The molecule has 0 aromatic carbocycles. The number of hydrogen-bond donors (Lipinski definition) is 1. The second-order valence-corrected chi connectivity index (χ2v) is 12.4. The average molecular weight is 550 g/mol. The summed E-state index contributed by atoms with van der Waals surface area (Å²) in [6.45, 7) is 0. The van der Waals surface area contributed by atoms with Crippen LogP contribution in [0.5, 0.6) is 0 Å². The van der Waals surface area contributed by atoms with Gasteiger partial charge in [-0.25, -0.2) is 0 Å². The van der Waals surface area contributed by atoms with Crippen LogP contribution in [0.15, 0.2) is 0 Å². The minimum absolute atomic E-state index is 2.53. The van der Waals surface area contributed by atoms with E-state index in [-0.39, 0.29) is 0 Å². The summed E-state index contributed by atoms with van der Waals surface area (Å²) in [5, 5.41) is 9.77. The van der Waals surface area contributed by atoms with Crippen LogP contribution in [0.25, 0.3) is 0 Å². The maximum Gasteiger partial charge on any atom is 0.241 e. The zero-order chi connectivity index (χ0) is 17.0. The van der Waals surface area contributed by atoms with Gasteiger partial charge in [-0.3, -0.25) is 0 Å². The van der Waals surface area contributed by atoms with Crippen LogP contribution in [0.3, 0.4) is 0 Å². The molecule has 0 saturated carbocycles. The highest BCUT2D eigenvalue weighted by molar-refractivity contribution is 6.81. The standard InChI is InChI=1S/C6HCl13O/c7-1(4(12,13)14,6(18,19)20)2(8,9)3(10,11)5(15,16)17/h20H. The van der Waals surface area contributed by atoms with Crippen molar-refractivity contribution >= 4 is 151 Å². The maximum absolute atomic E-state index is 9.77. The van der Waals surface area contributed by atoms with Crippen molar-refractivity contribution in [2.24, 2.45) is 0 Å². The Morgan fingerprint density at radius 2 is 0.750 bits per heavy atom. The number of alkyl halides is 13. The molecule has 0 aliphatic rings. The van der Waals surface area contributed by atoms with Gasteiger partial charge >= 0.3 is 0 Å². The van der Waals surface area contributed by atoms with Crippen LogP contribution in [0, 0.1) is 0 Å². The van der Waals surface area contributed by atoms with Crippen LogP contribution in [-0.4, -0.2) is 30.8 Å². The third kappa shape index (κ3) is 3.93. The molecule has 0 aliphatic heterocycles. The second kappa shape index (κ2) is 6.80. The monoisotopic (exact) mass is 544 g/mol. The van der Waals surface area contributed by atoms with Crippen LogP contribution in [0.2, 0.25) is 0 Å². The lowest BCUT2D eigenvalue weighted by Crippen LogP contribution is -2.69. The van der Waals surface area contributed by atoms with E-state index in [4.69, 9.17) is 151 Å². The predicted octanol–water partition coefficient (Wildman–Crippen LogP) is 7.18. The molecule has 0 aliphatic carbocycles. The fourth-order valence-corrected chi connectivity index (χ4v) is 5.19. The van der Waals surface area contributed by atoms with Gasteiger partial charge in [0.15, 0.2) is 13.5 Å². The van der Waals surface area contributed by atoms with Crippen LogP contribution in [0.1, 0.15) is 0 Å². The van der Waals surface area contributed by atoms with Gasteiger partial charge in [0.05, 0.1) is 0 Å². The van der Waals surface area contributed by atoms with Crippen LogP contribution >= 0.6 is 151 Å². The summed E-state index contributed by atoms with van der Waals surface area (Å²) in [7, 11) is 0. The largest absolute Gasteiger partial charge is 0.361 e. The molecule has 1 N–H and O–H groups in total. The fraction of sp³-hybridized carbons (Fsp3) is 1.00. The molecule has 0 radical (unpaired) electrons. The minimum Gasteiger partial charge on any atom is -0.361 e. The lowest BCUT2D eigenvalue weighted by molar-refractivity contribution is 0.148. The van der Waals surface area contributed by atoms with E-state index in [1.165, 1.54) is 0 Å². The van der Waals surface area contributed by atoms with E-state index in [9.17, 15) is 5.11 Å². The van der Waals surface area contributed by atoms with Crippen molar-refractivity contribution in [1.82, 2.24) is 0 Å². The second-order valence-electron chi connectivity index (χ2n) is 3.34. The highest BCUT2D eigenvalue weighted by Crippen LogP contribution is 2.69. The van der Waals surface area contributed by atoms with E-state index in [0.29, 0.717) is 0 Å².